The molecule has 27 heavy (non-hydrogen) atoms. The lowest BCUT2D eigenvalue weighted by molar-refractivity contribution is 0.471. The van der Waals surface area contributed by atoms with E-state index in [-0.39, 0.29) is 5.75 Å². The maximum Gasteiger partial charge on any atom is 0.229 e. The molecule has 4 aromatic rings. The van der Waals surface area contributed by atoms with Gasteiger partial charge in [-0.05, 0) is 36.4 Å². The number of hydrogen-bond donors (Lipinski definition) is 2. The van der Waals surface area contributed by atoms with Crippen LogP contribution in [-0.2, 0) is 7.05 Å². The van der Waals surface area contributed by atoms with Gasteiger partial charge in [0.15, 0.2) is 0 Å². The van der Waals surface area contributed by atoms with Crippen LogP contribution in [0.15, 0.2) is 54.9 Å². The summed E-state index contributed by atoms with van der Waals surface area (Å²) in [6.07, 6.45) is 3.57. The van der Waals surface area contributed by atoms with E-state index in [1.165, 1.54) is 12.1 Å². The average molecular weight is 364 g/mol. The maximum absolute atomic E-state index is 13.1. The number of hydrogen-bond acceptors (Lipinski definition) is 6. The summed E-state index contributed by atoms with van der Waals surface area (Å²) in [6.45, 7) is 0. The number of anilines is 4. The molecule has 2 aromatic heterocycles. The Labute approximate surface area is 154 Å². The zero-order valence-corrected chi connectivity index (χ0v) is 14.8. The summed E-state index contributed by atoms with van der Waals surface area (Å²) >= 11 is 0. The molecule has 0 aliphatic rings. The van der Waals surface area contributed by atoms with Crippen molar-refractivity contribution in [2.45, 2.75) is 0 Å². The minimum absolute atomic E-state index is 0.210. The first-order chi connectivity index (χ1) is 13.0. The molecule has 0 unspecified atom stereocenters. The molecule has 0 fully saturated rings. The SMILES string of the molecule is CN(c1ccc2cn(C)nc2c1)c1ccnc(Nc2ccc(F)cc2O)n1. The standard InChI is InChI=1S/C19H17FN6O/c1-25-11-12-3-5-14(10-16(12)24-25)26(2)18-7-8-21-19(23-18)22-15-6-4-13(20)9-17(15)27/h3-11,27H,1-2H3,(H,21,22,23). The highest BCUT2D eigenvalue weighted by Gasteiger charge is 2.10. The lowest BCUT2D eigenvalue weighted by atomic mass is 10.2. The zero-order valence-electron chi connectivity index (χ0n) is 14.8. The Morgan fingerprint density at radius 2 is 2.00 bits per heavy atom. The molecule has 4 rings (SSSR count). The van der Waals surface area contributed by atoms with Gasteiger partial charge < -0.3 is 15.3 Å². The van der Waals surface area contributed by atoms with Crippen LogP contribution in [0.4, 0.5) is 27.5 Å². The third-order valence-corrected chi connectivity index (χ3v) is 4.18. The van der Waals surface area contributed by atoms with E-state index in [0.29, 0.717) is 17.5 Å². The van der Waals surface area contributed by atoms with Crippen molar-refractivity contribution in [3.63, 3.8) is 0 Å². The van der Waals surface area contributed by atoms with Crippen LogP contribution >= 0.6 is 0 Å². The molecular formula is C19H17FN6O. The van der Waals surface area contributed by atoms with E-state index >= 15 is 0 Å². The fourth-order valence-corrected chi connectivity index (χ4v) is 2.80. The van der Waals surface area contributed by atoms with Crippen molar-refractivity contribution < 1.29 is 9.50 Å². The van der Waals surface area contributed by atoms with E-state index in [9.17, 15) is 9.50 Å². The number of rotatable bonds is 4. The molecule has 7 nitrogen and oxygen atoms in total. The molecule has 0 saturated carbocycles. The molecule has 0 radical (unpaired) electrons. The number of nitrogens with one attached hydrogen (secondary N) is 1. The van der Waals surface area contributed by atoms with E-state index in [0.717, 1.165) is 22.7 Å². The molecule has 0 amide bonds. The number of aryl methyl sites for hydroxylation is 1. The molecule has 0 aliphatic heterocycles. The summed E-state index contributed by atoms with van der Waals surface area (Å²) < 4.78 is 14.9. The van der Waals surface area contributed by atoms with Crippen LogP contribution in [0.1, 0.15) is 0 Å². The Morgan fingerprint density at radius 3 is 2.81 bits per heavy atom. The van der Waals surface area contributed by atoms with Gasteiger partial charge in [-0.1, -0.05) is 0 Å². The highest BCUT2D eigenvalue weighted by molar-refractivity contribution is 5.83. The number of halogens is 1. The van der Waals surface area contributed by atoms with Crippen LogP contribution in [0.25, 0.3) is 10.9 Å². The smallest absolute Gasteiger partial charge is 0.229 e. The van der Waals surface area contributed by atoms with Crippen molar-refractivity contribution in [1.29, 1.82) is 0 Å². The third-order valence-electron chi connectivity index (χ3n) is 4.18. The van der Waals surface area contributed by atoms with E-state index in [1.807, 2.05) is 43.4 Å². The van der Waals surface area contributed by atoms with Crippen molar-refractivity contribution in [3.8, 4) is 5.75 Å². The topological polar surface area (TPSA) is 79.1 Å². The van der Waals surface area contributed by atoms with Crippen LogP contribution < -0.4 is 10.2 Å². The largest absolute Gasteiger partial charge is 0.506 e. The highest BCUT2D eigenvalue weighted by atomic mass is 19.1. The first-order valence-corrected chi connectivity index (χ1v) is 8.25. The van der Waals surface area contributed by atoms with Crippen LogP contribution in [0.5, 0.6) is 5.75 Å². The van der Waals surface area contributed by atoms with Crippen LogP contribution in [-0.4, -0.2) is 31.9 Å². The molecular weight excluding hydrogens is 347 g/mol. The minimum atomic E-state index is -0.516. The van der Waals surface area contributed by atoms with Gasteiger partial charge in [-0.2, -0.15) is 10.1 Å². The first-order valence-electron chi connectivity index (χ1n) is 8.25. The predicted molar refractivity (Wildman–Crippen MR) is 102 cm³/mol. The van der Waals surface area contributed by atoms with Gasteiger partial charge in [0.25, 0.3) is 0 Å². The molecule has 2 N–H and O–H groups in total. The van der Waals surface area contributed by atoms with Gasteiger partial charge >= 0.3 is 0 Å². The van der Waals surface area contributed by atoms with Gasteiger partial charge in [0.1, 0.15) is 17.4 Å². The van der Waals surface area contributed by atoms with Crippen molar-refractivity contribution in [1.82, 2.24) is 19.7 Å². The monoisotopic (exact) mass is 364 g/mol. The van der Waals surface area contributed by atoms with Gasteiger partial charge in [0.05, 0.1) is 11.2 Å². The lowest BCUT2D eigenvalue weighted by Gasteiger charge is -2.19. The van der Waals surface area contributed by atoms with Crippen molar-refractivity contribution in [3.05, 3.63) is 60.7 Å². The van der Waals surface area contributed by atoms with E-state index < -0.39 is 5.82 Å². The number of phenols is 1. The molecule has 136 valence electrons. The number of fused-ring (bicyclic) bond motifs is 1. The summed E-state index contributed by atoms with van der Waals surface area (Å²) in [5.74, 6) is 0.222. The first kappa shape index (κ1) is 16.8. The third kappa shape index (κ3) is 3.37. The molecule has 8 heteroatoms. The quantitative estimate of drug-likeness (QED) is 0.537. The van der Waals surface area contributed by atoms with E-state index in [4.69, 9.17) is 0 Å². The molecule has 0 spiro atoms. The van der Waals surface area contributed by atoms with Gasteiger partial charge in [0, 0.05) is 43.6 Å². The average Bonchev–Trinajstić information content (AvgIpc) is 3.03. The summed E-state index contributed by atoms with van der Waals surface area (Å²) in [6, 6.07) is 11.5. The fourth-order valence-electron chi connectivity index (χ4n) is 2.80. The normalized spacial score (nSPS) is 10.9. The number of aromatic hydroxyl groups is 1. The Kier molecular flexibility index (Phi) is 4.08. The van der Waals surface area contributed by atoms with Crippen molar-refractivity contribution in [2.75, 3.05) is 17.3 Å². The van der Waals surface area contributed by atoms with Gasteiger partial charge in [0.2, 0.25) is 5.95 Å². The van der Waals surface area contributed by atoms with E-state index in [2.05, 4.69) is 20.4 Å². The second-order valence-electron chi connectivity index (χ2n) is 6.13. The Hall–Kier alpha value is -3.68. The summed E-state index contributed by atoms with van der Waals surface area (Å²) in [5, 5.41) is 18.2. The predicted octanol–water partition coefficient (Wildman–Crippen LogP) is 3.72. The number of benzene rings is 2. The molecule has 2 heterocycles. The van der Waals surface area contributed by atoms with Crippen molar-refractivity contribution in [2.24, 2.45) is 7.05 Å². The second-order valence-corrected chi connectivity index (χ2v) is 6.13. The van der Waals surface area contributed by atoms with Gasteiger partial charge in [-0.3, -0.25) is 4.68 Å². The van der Waals surface area contributed by atoms with E-state index in [1.54, 1.807) is 16.9 Å². The fraction of sp³-hybridized carbons (Fsp3) is 0.105. The molecule has 0 saturated heterocycles. The summed E-state index contributed by atoms with van der Waals surface area (Å²) in [7, 11) is 3.78. The Bertz CT molecular complexity index is 1130. The lowest BCUT2D eigenvalue weighted by Crippen LogP contribution is -2.12. The zero-order chi connectivity index (χ0) is 19.0. The number of phenolic OH excluding ortho intramolecular Hbond substituents is 1. The van der Waals surface area contributed by atoms with Crippen LogP contribution in [0.2, 0.25) is 0 Å². The van der Waals surface area contributed by atoms with Gasteiger partial charge in [-0.15, -0.1) is 0 Å². The number of aromatic nitrogens is 4. The summed E-state index contributed by atoms with van der Waals surface area (Å²) in [4.78, 5) is 10.5. The van der Waals surface area contributed by atoms with Crippen molar-refractivity contribution >= 4 is 34.0 Å². The molecule has 0 bridgehead atoms. The van der Waals surface area contributed by atoms with Crippen LogP contribution in [0, 0.1) is 5.82 Å². The Balaban J connectivity index is 1.62. The molecule has 0 aliphatic carbocycles. The maximum atomic E-state index is 13.1. The van der Waals surface area contributed by atoms with Crippen LogP contribution in [0.3, 0.4) is 0 Å². The highest BCUT2D eigenvalue weighted by Crippen LogP contribution is 2.28. The second kappa shape index (κ2) is 6.56. The Morgan fingerprint density at radius 1 is 1.15 bits per heavy atom. The molecule has 2 aromatic carbocycles. The number of nitrogens with zero attached hydrogens (tertiary/aromatic N) is 5. The molecule has 0 atom stereocenters. The van der Waals surface area contributed by atoms with Gasteiger partial charge in [-0.25, -0.2) is 9.37 Å². The summed E-state index contributed by atoms with van der Waals surface area (Å²) in [5.41, 5.74) is 2.15. The minimum Gasteiger partial charge on any atom is -0.506 e.